The summed E-state index contributed by atoms with van der Waals surface area (Å²) in [5.74, 6) is 0.498. The van der Waals surface area contributed by atoms with Gasteiger partial charge in [0.15, 0.2) is 0 Å². The first-order chi connectivity index (χ1) is 8.70. The number of rotatable bonds is 4. The molecule has 100 valence electrons. The van der Waals surface area contributed by atoms with Crippen LogP contribution in [0.15, 0.2) is 18.2 Å². The Kier molecular flexibility index (Phi) is 5.02. The van der Waals surface area contributed by atoms with Gasteiger partial charge in [-0.05, 0) is 49.9 Å². The SMILES string of the molecule is CNC(Cc1ccc(Cl)cc1F)C1CCCCC1. The standard InChI is InChI=1S/C15H21ClFN/c1-18-15(11-5-3-2-4-6-11)9-12-7-8-13(16)10-14(12)17/h7-8,10-11,15,18H,2-6,9H2,1H3. The lowest BCUT2D eigenvalue weighted by Crippen LogP contribution is -2.36. The van der Waals surface area contributed by atoms with E-state index >= 15 is 0 Å². The molecule has 1 unspecified atom stereocenters. The summed E-state index contributed by atoms with van der Waals surface area (Å²) >= 11 is 5.78. The minimum absolute atomic E-state index is 0.182. The van der Waals surface area contributed by atoms with Crippen molar-refractivity contribution in [2.45, 2.75) is 44.6 Å². The number of hydrogen-bond acceptors (Lipinski definition) is 1. The van der Waals surface area contributed by atoms with E-state index in [9.17, 15) is 4.39 Å². The van der Waals surface area contributed by atoms with Crippen LogP contribution in [0.25, 0.3) is 0 Å². The van der Waals surface area contributed by atoms with Gasteiger partial charge in [-0.1, -0.05) is 36.9 Å². The van der Waals surface area contributed by atoms with Crippen LogP contribution < -0.4 is 5.32 Å². The summed E-state index contributed by atoms with van der Waals surface area (Å²) in [7, 11) is 1.98. The highest BCUT2D eigenvalue weighted by Gasteiger charge is 2.23. The molecule has 0 saturated heterocycles. The normalized spacial score (nSPS) is 18.8. The Hall–Kier alpha value is -0.600. The zero-order valence-corrected chi connectivity index (χ0v) is 11.6. The third-order valence-corrected chi connectivity index (χ3v) is 4.28. The van der Waals surface area contributed by atoms with Gasteiger partial charge < -0.3 is 5.32 Å². The molecular formula is C15H21ClFN. The first-order valence-electron chi connectivity index (χ1n) is 6.82. The fraction of sp³-hybridized carbons (Fsp3) is 0.600. The maximum absolute atomic E-state index is 13.8. The lowest BCUT2D eigenvalue weighted by molar-refractivity contribution is 0.275. The minimum atomic E-state index is -0.182. The predicted molar refractivity (Wildman–Crippen MR) is 74.5 cm³/mol. The lowest BCUT2D eigenvalue weighted by atomic mass is 9.81. The summed E-state index contributed by atoms with van der Waals surface area (Å²) < 4.78 is 13.8. The number of likely N-dealkylation sites (N-methyl/N-ethyl adjacent to an activating group) is 1. The van der Waals surface area contributed by atoms with Crippen molar-refractivity contribution in [1.82, 2.24) is 5.32 Å². The van der Waals surface area contributed by atoms with Crippen molar-refractivity contribution in [3.8, 4) is 0 Å². The Balaban J connectivity index is 2.04. The molecule has 0 aromatic heterocycles. The van der Waals surface area contributed by atoms with Crippen LogP contribution in [0, 0.1) is 11.7 Å². The molecule has 2 rings (SSSR count). The molecule has 0 heterocycles. The van der Waals surface area contributed by atoms with Crippen molar-refractivity contribution in [2.75, 3.05) is 7.05 Å². The molecule has 1 aromatic rings. The second kappa shape index (κ2) is 6.53. The van der Waals surface area contributed by atoms with Crippen LogP contribution >= 0.6 is 11.6 Å². The molecule has 1 aliphatic rings. The van der Waals surface area contributed by atoms with Crippen LogP contribution in [-0.2, 0) is 6.42 Å². The van der Waals surface area contributed by atoms with E-state index < -0.39 is 0 Å². The summed E-state index contributed by atoms with van der Waals surface area (Å²) in [5.41, 5.74) is 0.768. The Morgan fingerprint density at radius 3 is 2.67 bits per heavy atom. The molecule has 0 bridgehead atoms. The van der Waals surface area contributed by atoms with Gasteiger partial charge in [0.25, 0.3) is 0 Å². The van der Waals surface area contributed by atoms with Crippen LogP contribution in [0.1, 0.15) is 37.7 Å². The fourth-order valence-corrected chi connectivity index (χ4v) is 3.12. The average Bonchev–Trinajstić information content (AvgIpc) is 2.39. The minimum Gasteiger partial charge on any atom is -0.316 e. The molecule has 1 saturated carbocycles. The van der Waals surface area contributed by atoms with Crippen LogP contribution in [0.4, 0.5) is 4.39 Å². The van der Waals surface area contributed by atoms with E-state index in [0.717, 1.165) is 12.0 Å². The Morgan fingerprint density at radius 2 is 2.06 bits per heavy atom. The van der Waals surface area contributed by atoms with Crippen LogP contribution in [-0.4, -0.2) is 13.1 Å². The van der Waals surface area contributed by atoms with Gasteiger partial charge in [-0.15, -0.1) is 0 Å². The van der Waals surface area contributed by atoms with Gasteiger partial charge in [-0.2, -0.15) is 0 Å². The maximum atomic E-state index is 13.8. The summed E-state index contributed by atoms with van der Waals surface area (Å²) in [4.78, 5) is 0. The second-order valence-electron chi connectivity index (χ2n) is 5.23. The molecule has 0 amide bonds. The Bertz CT molecular complexity index is 388. The van der Waals surface area contributed by atoms with E-state index in [1.165, 1.54) is 38.2 Å². The molecular weight excluding hydrogens is 249 g/mol. The van der Waals surface area contributed by atoms with Gasteiger partial charge in [0.05, 0.1) is 0 Å². The third-order valence-electron chi connectivity index (χ3n) is 4.04. The topological polar surface area (TPSA) is 12.0 Å². The molecule has 1 aliphatic carbocycles. The van der Waals surface area contributed by atoms with Crippen molar-refractivity contribution in [2.24, 2.45) is 5.92 Å². The zero-order valence-electron chi connectivity index (χ0n) is 10.9. The fourth-order valence-electron chi connectivity index (χ4n) is 2.97. The first kappa shape index (κ1) is 13.8. The largest absolute Gasteiger partial charge is 0.316 e. The van der Waals surface area contributed by atoms with Gasteiger partial charge in [0, 0.05) is 11.1 Å². The van der Waals surface area contributed by atoms with Crippen molar-refractivity contribution in [3.63, 3.8) is 0 Å². The molecule has 18 heavy (non-hydrogen) atoms. The maximum Gasteiger partial charge on any atom is 0.127 e. The Labute approximate surface area is 114 Å². The second-order valence-corrected chi connectivity index (χ2v) is 5.67. The number of benzene rings is 1. The highest BCUT2D eigenvalue weighted by molar-refractivity contribution is 6.30. The molecule has 3 heteroatoms. The summed E-state index contributed by atoms with van der Waals surface area (Å²) in [6.45, 7) is 0. The molecule has 1 N–H and O–H groups in total. The van der Waals surface area contributed by atoms with Crippen molar-refractivity contribution >= 4 is 11.6 Å². The summed E-state index contributed by atoms with van der Waals surface area (Å²) in [6, 6.07) is 5.36. The van der Waals surface area contributed by atoms with Crippen molar-refractivity contribution in [3.05, 3.63) is 34.6 Å². The van der Waals surface area contributed by atoms with Gasteiger partial charge in [-0.25, -0.2) is 4.39 Å². The highest BCUT2D eigenvalue weighted by Crippen LogP contribution is 2.28. The summed E-state index contributed by atoms with van der Waals surface area (Å²) in [6.07, 6.45) is 7.26. The van der Waals surface area contributed by atoms with Gasteiger partial charge in [0.2, 0.25) is 0 Å². The van der Waals surface area contributed by atoms with E-state index in [1.807, 2.05) is 13.1 Å². The number of hydrogen-bond donors (Lipinski definition) is 1. The molecule has 1 atom stereocenters. The highest BCUT2D eigenvalue weighted by atomic mass is 35.5. The Morgan fingerprint density at radius 1 is 1.33 bits per heavy atom. The molecule has 0 spiro atoms. The van der Waals surface area contributed by atoms with E-state index in [2.05, 4.69) is 5.32 Å². The molecule has 1 aromatic carbocycles. The lowest BCUT2D eigenvalue weighted by Gasteiger charge is -2.30. The molecule has 0 radical (unpaired) electrons. The number of nitrogens with one attached hydrogen (secondary N) is 1. The number of halogens is 2. The van der Waals surface area contributed by atoms with E-state index in [1.54, 1.807) is 6.07 Å². The average molecular weight is 270 g/mol. The van der Waals surface area contributed by atoms with Gasteiger partial charge in [0.1, 0.15) is 5.82 Å². The smallest absolute Gasteiger partial charge is 0.127 e. The summed E-state index contributed by atoms with van der Waals surface area (Å²) in [5, 5.41) is 3.83. The van der Waals surface area contributed by atoms with Gasteiger partial charge in [-0.3, -0.25) is 0 Å². The molecule has 0 aliphatic heterocycles. The van der Waals surface area contributed by atoms with E-state index in [4.69, 9.17) is 11.6 Å². The third kappa shape index (κ3) is 3.46. The van der Waals surface area contributed by atoms with Gasteiger partial charge >= 0.3 is 0 Å². The quantitative estimate of drug-likeness (QED) is 0.864. The molecule has 1 nitrogen and oxygen atoms in total. The van der Waals surface area contributed by atoms with Crippen LogP contribution in [0.2, 0.25) is 5.02 Å². The predicted octanol–water partition coefficient (Wildman–Crippen LogP) is 4.19. The van der Waals surface area contributed by atoms with Crippen LogP contribution in [0.5, 0.6) is 0 Å². The first-order valence-corrected chi connectivity index (χ1v) is 7.19. The zero-order chi connectivity index (χ0) is 13.0. The molecule has 1 fully saturated rings. The van der Waals surface area contributed by atoms with E-state index in [0.29, 0.717) is 17.0 Å². The van der Waals surface area contributed by atoms with Crippen molar-refractivity contribution in [1.29, 1.82) is 0 Å². The monoisotopic (exact) mass is 269 g/mol. The van der Waals surface area contributed by atoms with E-state index in [-0.39, 0.29) is 5.82 Å². The van der Waals surface area contributed by atoms with Crippen molar-refractivity contribution < 1.29 is 4.39 Å². The van der Waals surface area contributed by atoms with Crippen LogP contribution in [0.3, 0.4) is 0 Å².